The second kappa shape index (κ2) is 61.1. The third-order valence-electron chi connectivity index (χ3n) is 12.3. The first kappa shape index (κ1) is 81.4. The van der Waals surface area contributed by atoms with Crippen LogP contribution in [-0.4, -0.2) is 296 Å². The number of imidazole rings is 1. The van der Waals surface area contributed by atoms with Crippen LogP contribution < -0.4 is 21.1 Å². The summed E-state index contributed by atoms with van der Waals surface area (Å²) in [6.45, 7) is 25.3. The Kier molecular flexibility index (Phi) is 54.1. The van der Waals surface area contributed by atoms with Crippen LogP contribution in [0.25, 0.3) is 21.5 Å². The molecule has 0 spiro atoms. The SMILES string of the molecule is CCCCc1nc2c(N)nnc(OC(C)C)c2n1Cc1ccc(CNC(=O)NCCOCCOCCOCCOCCOCCOCCOCCOCCOCCOCCOCCOCCOCCOCCOCCOCCOCCOCCOCCN=[N+]=[N-])cc1. The monoisotopic (exact) mass is 1320 g/mol. The Morgan fingerprint density at radius 2 is 0.815 bits per heavy atom. The number of fused-ring (bicyclic) bond motifs is 1. The molecule has 4 N–H and O–H groups in total. The quantitative estimate of drug-likeness (QED) is 0.0311. The summed E-state index contributed by atoms with van der Waals surface area (Å²) in [5.74, 6) is 1.61. The van der Waals surface area contributed by atoms with Crippen molar-refractivity contribution in [3.63, 3.8) is 0 Å². The van der Waals surface area contributed by atoms with Crippen molar-refractivity contribution in [2.45, 2.75) is 59.2 Å². The van der Waals surface area contributed by atoms with Gasteiger partial charge < -0.3 is 116 Å². The molecule has 0 saturated heterocycles. The number of aromatic nitrogens is 4. The molecule has 2 heterocycles. The number of nitrogen functional groups attached to an aromatic ring is 1. The number of nitrogens with two attached hydrogens (primary N) is 1. The second-order valence-electron chi connectivity index (χ2n) is 20.0. The minimum absolute atomic E-state index is 0.0870. The van der Waals surface area contributed by atoms with Crippen LogP contribution in [0.5, 0.6) is 5.88 Å². The number of aryl methyl sites for hydroxylation is 1. The highest BCUT2D eigenvalue weighted by Gasteiger charge is 2.21. The van der Waals surface area contributed by atoms with Crippen molar-refractivity contribution in [3.8, 4) is 5.88 Å². The third-order valence-corrected chi connectivity index (χ3v) is 12.3. The Morgan fingerprint density at radius 1 is 0.489 bits per heavy atom. The van der Waals surface area contributed by atoms with Gasteiger partial charge in [0.05, 0.1) is 257 Å². The molecule has 3 rings (SSSR count). The highest BCUT2D eigenvalue weighted by molar-refractivity contribution is 5.88. The Labute approximate surface area is 542 Å². The summed E-state index contributed by atoms with van der Waals surface area (Å²) in [6.07, 6.45) is 2.73. The topological polar surface area (TPSA) is 344 Å². The maximum absolute atomic E-state index is 12.4. The van der Waals surface area contributed by atoms with Crippen LogP contribution in [0, 0.1) is 0 Å². The van der Waals surface area contributed by atoms with Crippen molar-refractivity contribution in [3.05, 3.63) is 51.7 Å². The summed E-state index contributed by atoms with van der Waals surface area (Å²) >= 11 is 0. The fraction of sp³-hybridized carbons (Fsp3) is 0.803. The number of nitrogens with one attached hydrogen (secondary N) is 2. The lowest BCUT2D eigenvalue weighted by Gasteiger charge is -2.14. The molecule has 528 valence electrons. The van der Waals surface area contributed by atoms with Gasteiger partial charge in [-0.05, 0) is 36.9 Å². The predicted octanol–water partition coefficient (Wildman–Crippen LogP) is 4.01. The highest BCUT2D eigenvalue weighted by Crippen LogP contribution is 2.29. The van der Waals surface area contributed by atoms with Crippen LogP contribution in [0.4, 0.5) is 10.6 Å². The minimum atomic E-state index is -0.274. The molecule has 0 radical (unpaired) electrons. The molecule has 0 aliphatic heterocycles. The van der Waals surface area contributed by atoms with Crippen LogP contribution in [0.1, 0.15) is 50.6 Å². The fourth-order valence-electron chi connectivity index (χ4n) is 7.72. The smallest absolute Gasteiger partial charge is 0.315 e. The molecular weight excluding hydrogens is 1210 g/mol. The van der Waals surface area contributed by atoms with Gasteiger partial charge in [0, 0.05) is 37.5 Å². The van der Waals surface area contributed by atoms with E-state index in [1.807, 2.05) is 38.1 Å². The molecule has 0 bridgehead atoms. The van der Waals surface area contributed by atoms with E-state index >= 15 is 0 Å². The summed E-state index contributed by atoms with van der Waals surface area (Å²) < 4.78 is 113. The number of hydrogen-bond donors (Lipinski definition) is 3. The molecular formula is C61H108N10O21. The van der Waals surface area contributed by atoms with E-state index in [9.17, 15) is 4.79 Å². The van der Waals surface area contributed by atoms with Crippen molar-refractivity contribution in [1.82, 2.24) is 30.4 Å². The van der Waals surface area contributed by atoms with Crippen molar-refractivity contribution in [1.29, 1.82) is 0 Å². The fourth-order valence-corrected chi connectivity index (χ4v) is 7.72. The van der Waals surface area contributed by atoms with E-state index in [1.54, 1.807) is 0 Å². The molecule has 31 nitrogen and oxygen atoms in total. The van der Waals surface area contributed by atoms with Crippen LogP contribution >= 0.6 is 0 Å². The van der Waals surface area contributed by atoms with Gasteiger partial charge in [0.25, 0.3) is 5.88 Å². The zero-order chi connectivity index (χ0) is 65.5. The first-order chi connectivity index (χ1) is 45.4. The van der Waals surface area contributed by atoms with Crippen LogP contribution in [0.15, 0.2) is 29.4 Å². The van der Waals surface area contributed by atoms with Gasteiger partial charge in [0.2, 0.25) is 0 Å². The standard InChI is InChI=1S/C61H108N10O21/c1-4-5-6-56-67-57-58(60(92-53(2)3)69-68-59(57)62)71(56)52-55-9-7-54(8-10-55)51-65-61(72)64-11-13-73-15-17-75-19-21-77-23-25-79-27-29-81-31-33-83-35-37-85-39-41-87-43-45-89-47-49-91-50-48-90-46-44-88-42-40-86-38-36-84-34-32-82-30-28-80-26-24-78-22-20-76-18-16-74-14-12-66-70-63/h7-10,53H,4-6,11-52H2,1-3H3,(H2,62,68)(H2,64,65,72). The van der Waals surface area contributed by atoms with Crippen molar-refractivity contribution in [2.24, 2.45) is 5.11 Å². The number of benzene rings is 1. The Morgan fingerprint density at radius 3 is 1.14 bits per heavy atom. The van der Waals surface area contributed by atoms with E-state index in [0.717, 1.165) is 41.7 Å². The average Bonchev–Trinajstić information content (AvgIpc) is 1.62. The number of anilines is 1. The Bertz CT molecular complexity index is 2210. The third kappa shape index (κ3) is 46.3. The zero-order valence-electron chi connectivity index (χ0n) is 55.0. The van der Waals surface area contributed by atoms with Gasteiger partial charge in [-0.25, -0.2) is 9.78 Å². The number of ether oxygens (including phenoxy) is 20. The van der Waals surface area contributed by atoms with Gasteiger partial charge in [0.1, 0.15) is 16.9 Å². The van der Waals surface area contributed by atoms with Gasteiger partial charge in [-0.2, -0.15) is 0 Å². The summed E-state index contributed by atoms with van der Waals surface area (Å²) in [6, 6.07) is 7.81. The number of carbonyl (C=O) groups excluding carboxylic acids is 1. The largest absolute Gasteiger partial charge is 0.472 e. The molecule has 0 unspecified atom stereocenters. The lowest BCUT2D eigenvalue weighted by atomic mass is 10.1. The molecule has 0 aliphatic carbocycles. The number of carbonyl (C=O) groups is 1. The van der Waals surface area contributed by atoms with Crippen molar-refractivity contribution < 1.29 is 99.5 Å². The van der Waals surface area contributed by atoms with Crippen LogP contribution in [0.2, 0.25) is 0 Å². The molecule has 1 aromatic carbocycles. The summed E-state index contributed by atoms with van der Waals surface area (Å²) in [5, 5.41) is 17.4. The minimum Gasteiger partial charge on any atom is -0.472 e. The van der Waals surface area contributed by atoms with E-state index in [1.165, 1.54) is 0 Å². The number of urea groups is 1. The van der Waals surface area contributed by atoms with Gasteiger partial charge >= 0.3 is 6.03 Å². The van der Waals surface area contributed by atoms with E-state index in [0.29, 0.717) is 289 Å². The Hall–Kier alpha value is -4.81. The predicted molar refractivity (Wildman–Crippen MR) is 339 cm³/mol. The van der Waals surface area contributed by atoms with Gasteiger partial charge in [-0.3, -0.25) is 0 Å². The molecule has 0 fully saturated rings. The maximum Gasteiger partial charge on any atom is 0.315 e. The molecule has 0 saturated carbocycles. The van der Waals surface area contributed by atoms with E-state index in [4.69, 9.17) is 111 Å². The first-order valence-corrected chi connectivity index (χ1v) is 32.2. The number of azide groups is 1. The molecule has 2 aromatic heterocycles. The van der Waals surface area contributed by atoms with Gasteiger partial charge in [-0.1, -0.05) is 42.7 Å². The lowest BCUT2D eigenvalue weighted by molar-refractivity contribution is -0.0312. The normalized spacial score (nSPS) is 11.6. The molecule has 0 aliphatic rings. The van der Waals surface area contributed by atoms with Crippen LogP contribution in [0.3, 0.4) is 0 Å². The zero-order valence-corrected chi connectivity index (χ0v) is 55.0. The molecule has 0 atom stereocenters. The summed E-state index contributed by atoms with van der Waals surface area (Å²) in [5.41, 5.74) is 17.8. The maximum atomic E-state index is 12.4. The van der Waals surface area contributed by atoms with Gasteiger partial charge in [-0.15, -0.1) is 10.2 Å². The number of amides is 2. The number of nitrogens with zero attached hydrogens (tertiary/aromatic N) is 7. The van der Waals surface area contributed by atoms with Gasteiger partial charge in [0.15, 0.2) is 5.82 Å². The van der Waals surface area contributed by atoms with Crippen molar-refractivity contribution in [2.75, 3.05) is 270 Å². The number of unbranched alkanes of at least 4 members (excludes halogenated alkanes) is 1. The number of hydrogen-bond acceptors (Lipinski definition) is 26. The summed E-state index contributed by atoms with van der Waals surface area (Å²) in [7, 11) is 0. The van der Waals surface area contributed by atoms with E-state index in [2.05, 4.69) is 42.3 Å². The number of rotatable bonds is 69. The highest BCUT2D eigenvalue weighted by atomic mass is 16.6. The van der Waals surface area contributed by atoms with Crippen LogP contribution in [-0.2, 0) is 110 Å². The average molecular weight is 1320 g/mol. The first-order valence-electron chi connectivity index (χ1n) is 32.2. The summed E-state index contributed by atoms with van der Waals surface area (Å²) in [4.78, 5) is 19.9. The molecule has 92 heavy (non-hydrogen) atoms. The van der Waals surface area contributed by atoms with E-state index in [-0.39, 0.29) is 18.0 Å². The second-order valence-corrected chi connectivity index (χ2v) is 20.0. The van der Waals surface area contributed by atoms with E-state index < -0.39 is 0 Å². The molecule has 3 aromatic rings. The molecule has 31 heteroatoms. The Balaban J connectivity index is 0.923. The molecule has 2 amide bonds. The lowest BCUT2D eigenvalue weighted by Crippen LogP contribution is -2.37. The van der Waals surface area contributed by atoms with Crippen molar-refractivity contribution >= 4 is 22.9 Å².